The van der Waals surface area contributed by atoms with Crippen LogP contribution in [0.2, 0.25) is 5.15 Å². The van der Waals surface area contributed by atoms with Gasteiger partial charge in [0, 0.05) is 16.6 Å². The van der Waals surface area contributed by atoms with Crippen LogP contribution in [0.15, 0.2) is 38.3 Å². The molecule has 0 spiro atoms. The van der Waals surface area contributed by atoms with Gasteiger partial charge in [0.1, 0.15) is 5.15 Å². The molecule has 1 aromatic heterocycles. The lowest BCUT2D eigenvalue weighted by atomic mass is 10.1. The molecule has 0 saturated heterocycles. The summed E-state index contributed by atoms with van der Waals surface area (Å²) in [4.78, 5) is 27.1. The zero-order chi connectivity index (χ0) is 15.4. The van der Waals surface area contributed by atoms with Crippen molar-refractivity contribution in [1.82, 2.24) is 9.55 Å². The van der Waals surface area contributed by atoms with Crippen molar-refractivity contribution in [3.63, 3.8) is 0 Å². The second kappa shape index (κ2) is 7.33. The number of hydrogen-bond donors (Lipinski definition) is 1. The Hall–Kier alpha value is -0.980. The maximum atomic E-state index is 12.6. The first-order valence-electron chi connectivity index (χ1n) is 6.32. The van der Waals surface area contributed by atoms with Crippen LogP contribution in [0.25, 0.3) is 11.1 Å². The smallest absolute Gasteiger partial charge is 0.297 e. The third kappa shape index (κ3) is 3.62. The molecule has 2 aromatic rings. The number of nitrogens with one attached hydrogen (secondary N) is 1. The highest BCUT2D eigenvalue weighted by atomic mass is 79.9. The fourth-order valence-corrected chi connectivity index (χ4v) is 3.18. The average Bonchev–Trinajstić information content (AvgIpc) is 2.44. The molecule has 0 aliphatic heterocycles. The lowest BCUT2D eigenvalue weighted by Gasteiger charge is -2.10. The van der Waals surface area contributed by atoms with Crippen molar-refractivity contribution in [3.05, 3.63) is 54.7 Å². The Morgan fingerprint density at radius 1 is 1.33 bits per heavy atom. The van der Waals surface area contributed by atoms with Gasteiger partial charge in [-0.25, -0.2) is 4.79 Å². The summed E-state index contributed by atoms with van der Waals surface area (Å²) in [5.74, 6) is 0.888. The van der Waals surface area contributed by atoms with Crippen molar-refractivity contribution < 1.29 is 0 Å². The second-order valence-electron chi connectivity index (χ2n) is 4.40. The van der Waals surface area contributed by atoms with Gasteiger partial charge >= 0.3 is 5.69 Å². The first-order chi connectivity index (χ1) is 10.1. The summed E-state index contributed by atoms with van der Waals surface area (Å²) in [5, 5.41) is 0.0676. The summed E-state index contributed by atoms with van der Waals surface area (Å²) >= 11 is 11.2. The molecule has 0 saturated carbocycles. The molecule has 0 radical (unpaired) electrons. The Morgan fingerprint density at radius 2 is 2.05 bits per heavy atom. The van der Waals surface area contributed by atoms with E-state index in [0.29, 0.717) is 17.7 Å². The molecule has 4 nitrogen and oxygen atoms in total. The number of nitrogens with zero attached hydrogens (tertiary/aromatic N) is 1. The Bertz CT molecular complexity index is 757. The van der Waals surface area contributed by atoms with E-state index in [4.69, 9.17) is 11.6 Å². The Morgan fingerprint density at radius 3 is 2.71 bits per heavy atom. The van der Waals surface area contributed by atoms with Gasteiger partial charge in [-0.05, 0) is 24.5 Å². The van der Waals surface area contributed by atoms with Gasteiger partial charge in [-0.3, -0.25) is 14.3 Å². The molecule has 7 heteroatoms. The SMILES string of the molecule is CSCCCn1c(=O)[nH]c(Cl)c(-c2ccccc2Br)c1=O. The van der Waals surface area contributed by atoms with E-state index >= 15 is 0 Å². The molecule has 0 fully saturated rings. The van der Waals surface area contributed by atoms with Crippen LogP contribution in [0.3, 0.4) is 0 Å². The fraction of sp³-hybridized carbons (Fsp3) is 0.286. The zero-order valence-electron chi connectivity index (χ0n) is 11.4. The van der Waals surface area contributed by atoms with Crippen molar-refractivity contribution in [1.29, 1.82) is 0 Å². The van der Waals surface area contributed by atoms with Crippen LogP contribution in [0.5, 0.6) is 0 Å². The van der Waals surface area contributed by atoms with Crippen LogP contribution in [0.1, 0.15) is 6.42 Å². The Balaban J connectivity index is 2.57. The summed E-state index contributed by atoms with van der Waals surface area (Å²) in [7, 11) is 0. The number of benzene rings is 1. The summed E-state index contributed by atoms with van der Waals surface area (Å²) < 4.78 is 1.96. The lowest BCUT2D eigenvalue weighted by Crippen LogP contribution is -2.36. The largest absolute Gasteiger partial charge is 0.329 e. The monoisotopic (exact) mass is 388 g/mol. The topological polar surface area (TPSA) is 54.9 Å². The molecule has 1 heterocycles. The van der Waals surface area contributed by atoms with E-state index in [1.54, 1.807) is 17.8 Å². The standard InChI is InChI=1S/C14H14BrClN2O2S/c1-21-8-4-7-18-13(19)11(12(16)17-14(18)20)9-5-2-3-6-10(9)15/h2-3,5-6H,4,7-8H2,1H3,(H,17,20). The van der Waals surface area contributed by atoms with E-state index in [2.05, 4.69) is 20.9 Å². The molecule has 0 aliphatic carbocycles. The summed E-state index contributed by atoms with van der Waals surface area (Å²) in [6.07, 6.45) is 2.74. The van der Waals surface area contributed by atoms with Gasteiger partial charge in [0.25, 0.3) is 5.56 Å². The molecule has 0 bridgehead atoms. The minimum absolute atomic E-state index is 0.0676. The summed E-state index contributed by atoms with van der Waals surface area (Å²) in [6.45, 7) is 0.379. The molecule has 0 aliphatic rings. The molecule has 1 N–H and O–H groups in total. The number of halogens is 2. The minimum atomic E-state index is -0.470. The molecule has 0 amide bonds. The third-order valence-corrected chi connectivity index (χ3v) is 4.69. The van der Waals surface area contributed by atoms with Gasteiger partial charge in [-0.15, -0.1) is 0 Å². The quantitative estimate of drug-likeness (QED) is 0.630. The maximum absolute atomic E-state index is 12.6. The predicted octanol–water partition coefficient (Wildman–Crippen LogP) is 3.37. The number of thioether (sulfide) groups is 1. The van der Waals surface area contributed by atoms with Crippen molar-refractivity contribution in [2.45, 2.75) is 13.0 Å². The van der Waals surface area contributed by atoms with E-state index in [1.807, 2.05) is 24.5 Å². The van der Waals surface area contributed by atoms with Gasteiger partial charge in [-0.2, -0.15) is 11.8 Å². The van der Waals surface area contributed by atoms with Gasteiger partial charge in [0.2, 0.25) is 0 Å². The number of H-pyrrole nitrogens is 1. The predicted molar refractivity (Wildman–Crippen MR) is 92.5 cm³/mol. The number of rotatable bonds is 5. The lowest BCUT2D eigenvalue weighted by molar-refractivity contribution is 0.620. The number of hydrogen-bond acceptors (Lipinski definition) is 3. The first kappa shape index (κ1) is 16.4. The van der Waals surface area contributed by atoms with E-state index in [-0.39, 0.29) is 10.7 Å². The maximum Gasteiger partial charge on any atom is 0.329 e. The van der Waals surface area contributed by atoms with Crippen molar-refractivity contribution in [2.24, 2.45) is 0 Å². The van der Waals surface area contributed by atoms with Gasteiger partial charge < -0.3 is 0 Å². The van der Waals surface area contributed by atoms with Crippen molar-refractivity contribution in [2.75, 3.05) is 12.0 Å². The normalized spacial score (nSPS) is 10.8. The highest BCUT2D eigenvalue weighted by Crippen LogP contribution is 2.28. The highest BCUT2D eigenvalue weighted by Gasteiger charge is 2.16. The van der Waals surface area contributed by atoms with Gasteiger partial charge in [-0.1, -0.05) is 45.7 Å². The number of aromatic amines is 1. The van der Waals surface area contributed by atoms with Crippen LogP contribution in [0.4, 0.5) is 0 Å². The van der Waals surface area contributed by atoms with Crippen LogP contribution in [0, 0.1) is 0 Å². The van der Waals surface area contributed by atoms with Crippen LogP contribution < -0.4 is 11.2 Å². The highest BCUT2D eigenvalue weighted by molar-refractivity contribution is 9.10. The molecule has 0 atom stereocenters. The first-order valence-corrected chi connectivity index (χ1v) is 8.89. The molecule has 112 valence electrons. The molecule has 0 unspecified atom stereocenters. The van der Waals surface area contributed by atoms with Crippen LogP contribution in [-0.4, -0.2) is 21.6 Å². The van der Waals surface area contributed by atoms with E-state index < -0.39 is 5.69 Å². The van der Waals surface area contributed by atoms with Crippen LogP contribution in [-0.2, 0) is 6.54 Å². The minimum Gasteiger partial charge on any atom is -0.297 e. The summed E-state index contributed by atoms with van der Waals surface area (Å²) in [6, 6.07) is 7.29. The zero-order valence-corrected chi connectivity index (χ0v) is 14.5. The molecular weight excluding hydrogens is 376 g/mol. The average molecular weight is 390 g/mol. The second-order valence-corrected chi connectivity index (χ2v) is 6.62. The summed E-state index contributed by atoms with van der Waals surface area (Å²) in [5.41, 5.74) is 0.147. The molecular formula is C14H14BrClN2O2S. The molecule has 21 heavy (non-hydrogen) atoms. The van der Waals surface area contributed by atoms with Crippen LogP contribution >= 0.6 is 39.3 Å². The fourth-order valence-electron chi connectivity index (χ4n) is 2.01. The van der Waals surface area contributed by atoms with E-state index in [1.165, 1.54) is 4.57 Å². The van der Waals surface area contributed by atoms with Gasteiger partial charge in [0.15, 0.2) is 0 Å². The van der Waals surface area contributed by atoms with E-state index in [0.717, 1.165) is 16.6 Å². The van der Waals surface area contributed by atoms with Gasteiger partial charge in [0.05, 0.1) is 5.56 Å². The Labute approximate surface area is 139 Å². The van der Waals surface area contributed by atoms with Crippen molar-refractivity contribution >= 4 is 39.3 Å². The number of aromatic nitrogens is 2. The molecule has 2 rings (SSSR count). The van der Waals surface area contributed by atoms with Crippen molar-refractivity contribution in [3.8, 4) is 11.1 Å². The van der Waals surface area contributed by atoms with E-state index in [9.17, 15) is 9.59 Å². The third-order valence-electron chi connectivity index (χ3n) is 3.01. The Kier molecular flexibility index (Phi) is 5.72. The molecule has 1 aromatic carbocycles.